The summed E-state index contributed by atoms with van der Waals surface area (Å²) in [7, 11) is -2.20. The van der Waals surface area contributed by atoms with E-state index in [1.807, 2.05) is 12.1 Å². The summed E-state index contributed by atoms with van der Waals surface area (Å²) in [5, 5.41) is 8.80. The number of hydrogen-bond acceptors (Lipinski definition) is 4. The summed E-state index contributed by atoms with van der Waals surface area (Å²) in [6, 6.07) is 10.4. The van der Waals surface area contributed by atoms with E-state index in [4.69, 9.17) is 5.11 Å². The van der Waals surface area contributed by atoms with E-state index in [0.29, 0.717) is 10.6 Å². The maximum atomic E-state index is 12.7. The van der Waals surface area contributed by atoms with Gasteiger partial charge in [-0.15, -0.1) is 11.3 Å². The molecule has 0 aliphatic carbocycles. The number of carboxylic acids is 1. The van der Waals surface area contributed by atoms with Crippen molar-refractivity contribution in [3.8, 4) is 0 Å². The number of rotatable bonds is 5. The molecule has 0 bridgehead atoms. The molecule has 0 aliphatic heterocycles. The van der Waals surface area contributed by atoms with E-state index >= 15 is 0 Å². The van der Waals surface area contributed by atoms with Crippen molar-refractivity contribution in [3.05, 3.63) is 46.8 Å². The maximum absolute atomic E-state index is 12.7. The molecule has 1 aromatic carbocycles. The van der Waals surface area contributed by atoms with Crippen LogP contribution in [0.1, 0.15) is 31.2 Å². The van der Waals surface area contributed by atoms with E-state index in [0.717, 1.165) is 16.9 Å². The van der Waals surface area contributed by atoms with E-state index in [9.17, 15) is 13.2 Å². The van der Waals surface area contributed by atoms with Crippen LogP contribution in [-0.4, -0.2) is 26.5 Å². The van der Waals surface area contributed by atoms with Gasteiger partial charge in [0.2, 0.25) is 0 Å². The zero-order valence-corrected chi connectivity index (χ0v) is 15.7. The van der Waals surface area contributed by atoms with Crippen LogP contribution in [-0.2, 0) is 26.7 Å². The van der Waals surface area contributed by atoms with Crippen molar-refractivity contribution in [3.63, 3.8) is 0 Å². The van der Waals surface area contributed by atoms with E-state index < -0.39 is 16.0 Å². The van der Waals surface area contributed by atoms with Crippen molar-refractivity contribution in [2.45, 2.75) is 36.8 Å². The van der Waals surface area contributed by atoms with Gasteiger partial charge < -0.3 is 5.11 Å². The SMILES string of the molecule is CN(c1ccc(C(C)(C)C)cc1)S(=O)(=O)c1ccc(CC(=O)O)s1. The summed E-state index contributed by atoms with van der Waals surface area (Å²) < 4.78 is 26.8. The molecule has 1 heterocycles. The molecule has 0 radical (unpaired) electrons. The predicted octanol–water partition coefficient (Wildman–Crippen LogP) is 3.50. The number of aliphatic carboxylic acids is 1. The van der Waals surface area contributed by atoms with Gasteiger partial charge in [-0.3, -0.25) is 9.10 Å². The average Bonchev–Trinajstić information content (AvgIpc) is 2.94. The van der Waals surface area contributed by atoms with Crippen LogP contribution in [0.25, 0.3) is 0 Å². The van der Waals surface area contributed by atoms with Crippen molar-refractivity contribution < 1.29 is 18.3 Å². The van der Waals surface area contributed by atoms with Gasteiger partial charge in [-0.25, -0.2) is 8.42 Å². The lowest BCUT2D eigenvalue weighted by Gasteiger charge is -2.22. The molecule has 0 amide bonds. The quantitative estimate of drug-likeness (QED) is 0.878. The minimum Gasteiger partial charge on any atom is -0.481 e. The average molecular weight is 367 g/mol. The normalized spacial score (nSPS) is 12.2. The van der Waals surface area contributed by atoms with Crippen molar-refractivity contribution in [2.24, 2.45) is 0 Å². The van der Waals surface area contributed by atoms with E-state index in [-0.39, 0.29) is 16.0 Å². The van der Waals surface area contributed by atoms with Crippen LogP contribution in [0.5, 0.6) is 0 Å². The predicted molar refractivity (Wildman–Crippen MR) is 96.4 cm³/mol. The Morgan fingerprint density at radius 1 is 1.12 bits per heavy atom. The third kappa shape index (κ3) is 3.96. The van der Waals surface area contributed by atoms with Crippen LogP contribution in [0.15, 0.2) is 40.6 Å². The maximum Gasteiger partial charge on any atom is 0.308 e. The number of sulfonamides is 1. The minimum atomic E-state index is -3.70. The van der Waals surface area contributed by atoms with Crippen LogP contribution >= 0.6 is 11.3 Å². The van der Waals surface area contributed by atoms with Crippen molar-refractivity contribution >= 4 is 33.0 Å². The first-order valence-electron chi connectivity index (χ1n) is 7.42. The molecular weight excluding hydrogens is 346 g/mol. The number of benzene rings is 1. The van der Waals surface area contributed by atoms with Crippen molar-refractivity contribution in [1.82, 2.24) is 0 Å². The topological polar surface area (TPSA) is 74.7 Å². The van der Waals surface area contributed by atoms with Crippen LogP contribution < -0.4 is 4.31 Å². The summed E-state index contributed by atoms with van der Waals surface area (Å²) in [4.78, 5) is 11.3. The van der Waals surface area contributed by atoms with Gasteiger partial charge in [-0.05, 0) is 35.2 Å². The molecule has 0 saturated heterocycles. The van der Waals surface area contributed by atoms with Gasteiger partial charge in [0.1, 0.15) is 4.21 Å². The number of nitrogens with zero attached hydrogens (tertiary/aromatic N) is 1. The highest BCUT2D eigenvalue weighted by atomic mass is 32.2. The first-order valence-corrected chi connectivity index (χ1v) is 9.67. The molecule has 2 rings (SSSR count). The Labute approximate surface area is 146 Å². The second kappa shape index (κ2) is 6.57. The summed E-state index contributed by atoms with van der Waals surface area (Å²) in [6.45, 7) is 6.29. The summed E-state index contributed by atoms with van der Waals surface area (Å²) in [5.41, 5.74) is 1.68. The number of carbonyl (C=O) groups is 1. The fourth-order valence-electron chi connectivity index (χ4n) is 2.19. The van der Waals surface area contributed by atoms with Gasteiger partial charge in [-0.1, -0.05) is 32.9 Å². The van der Waals surface area contributed by atoms with Crippen molar-refractivity contribution in [1.29, 1.82) is 0 Å². The third-order valence-corrected chi connectivity index (χ3v) is 7.01. The Kier molecular flexibility index (Phi) is 5.05. The zero-order valence-electron chi connectivity index (χ0n) is 14.1. The Balaban J connectivity index is 2.28. The fraction of sp³-hybridized carbons (Fsp3) is 0.353. The molecule has 130 valence electrons. The summed E-state index contributed by atoms with van der Waals surface area (Å²) in [5.74, 6) is -0.980. The van der Waals surface area contributed by atoms with Gasteiger partial charge in [0, 0.05) is 11.9 Å². The highest BCUT2D eigenvalue weighted by Gasteiger charge is 2.24. The largest absolute Gasteiger partial charge is 0.481 e. The van der Waals surface area contributed by atoms with Crippen LogP contribution in [0.2, 0.25) is 0 Å². The monoisotopic (exact) mass is 367 g/mol. The third-order valence-electron chi connectivity index (χ3n) is 3.67. The second-order valence-corrected chi connectivity index (χ2v) is 9.93. The molecule has 0 fully saturated rings. The van der Waals surface area contributed by atoms with Crippen LogP contribution in [0, 0.1) is 0 Å². The standard InChI is InChI=1S/C17H21NO4S2/c1-17(2,3)12-5-7-13(8-6-12)18(4)24(21,22)16-10-9-14(23-16)11-15(19)20/h5-10H,11H2,1-4H3,(H,19,20). The van der Waals surface area contributed by atoms with Crippen LogP contribution in [0.3, 0.4) is 0 Å². The Morgan fingerprint density at radius 2 is 1.71 bits per heavy atom. The molecule has 2 aromatic rings. The molecule has 24 heavy (non-hydrogen) atoms. The highest BCUT2D eigenvalue weighted by molar-refractivity contribution is 7.94. The number of carboxylic acid groups (broad SMARTS) is 1. The van der Waals surface area contributed by atoms with Crippen molar-refractivity contribution in [2.75, 3.05) is 11.4 Å². The van der Waals surface area contributed by atoms with Gasteiger partial charge in [0.05, 0.1) is 12.1 Å². The second-order valence-electron chi connectivity index (χ2n) is 6.56. The molecule has 5 nitrogen and oxygen atoms in total. The molecule has 1 aromatic heterocycles. The molecule has 0 atom stereocenters. The Bertz CT molecular complexity index is 830. The van der Waals surface area contributed by atoms with Gasteiger partial charge in [-0.2, -0.15) is 0 Å². The van der Waals surface area contributed by atoms with Gasteiger partial charge in [0.25, 0.3) is 10.0 Å². The lowest BCUT2D eigenvalue weighted by molar-refractivity contribution is -0.136. The Morgan fingerprint density at radius 3 is 2.21 bits per heavy atom. The molecule has 0 unspecified atom stereocenters. The molecular formula is C17H21NO4S2. The van der Waals surface area contributed by atoms with E-state index in [1.165, 1.54) is 17.4 Å². The number of hydrogen-bond donors (Lipinski definition) is 1. The van der Waals surface area contributed by atoms with Gasteiger partial charge >= 0.3 is 5.97 Å². The van der Waals surface area contributed by atoms with Gasteiger partial charge in [0.15, 0.2) is 0 Å². The highest BCUT2D eigenvalue weighted by Crippen LogP contribution is 2.30. The van der Waals surface area contributed by atoms with E-state index in [1.54, 1.807) is 18.2 Å². The lowest BCUT2D eigenvalue weighted by atomic mass is 9.87. The number of thiophene rings is 1. The molecule has 7 heteroatoms. The molecule has 1 N–H and O–H groups in total. The first kappa shape index (κ1) is 18.5. The van der Waals surface area contributed by atoms with E-state index in [2.05, 4.69) is 20.8 Å². The molecule has 0 saturated carbocycles. The Hall–Kier alpha value is -1.86. The molecule has 0 aliphatic rings. The summed E-state index contributed by atoms with van der Waals surface area (Å²) in [6.07, 6.45) is -0.176. The van der Waals surface area contributed by atoms with Crippen LogP contribution in [0.4, 0.5) is 5.69 Å². The smallest absolute Gasteiger partial charge is 0.308 e. The molecule has 0 spiro atoms. The zero-order chi connectivity index (χ0) is 18.1. The number of anilines is 1. The summed E-state index contributed by atoms with van der Waals surface area (Å²) >= 11 is 0.988. The fourth-order valence-corrected chi connectivity index (χ4v) is 4.90. The minimum absolute atomic E-state index is 0.00450. The lowest BCUT2D eigenvalue weighted by Crippen LogP contribution is -2.26. The first-order chi connectivity index (χ1) is 11.0.